The molecule has 2 aromatic rings. The first-order chi connectivity index (χ1) is 19.3. The van der Waals surface area contributed by atoms with Crippen molar-refractivity contribution in [3.05, 3.63) is 58.7 Å². The van der Waals surface area contributed by atoms with Crippen molar-refractivity contribution in [1.29, 1.82) is 0 Å². The molecule has 0 saturated carbocycles. The van der Waals surface area contributed by atoms with Crippen LogP contribution >= 0.6 is 0 Å². The molecule has 0 spiro atoms. The number of unbranched alkanes of at least 4 members (excludes halogenated alkanes) is 11. The number of carbonyl (C=O) groups is 1. The Kier molecular flexibility index (Phi) is 18.5. The first-order valence-electron chi connectivity index (χ1n) is 16.5. The Morgan fingerprint density at radius 3 is 1.49 bits per heavy atom. The number of quaternary nitrogens is 1. The summed E-state index contributed by atoms with van der Waals surface area (Å²) in [6, 6.07) is 12.9. The van der Waals surface area contributed by atoms with E-state index in [9.17, 15) is 4.79 Å². The molecule has 232 valence electrons. The van der Waals surface area contributed by atoms with Crippen LogP contribution in [0.1, 0.15) is 132 Å². The predicted molar refractivity (Wildman–Crippen MR) is 176 cm³/mol. The number of nitrogens with two attached hydrogens (primary N) is 1. The third kappa shape index (κ3) is 11.5. The average molecular weight is 585 g/mol. The van der Waals surface area contributed by atoms with Gasteiger partial charge in [-0.1, -0.05) is 115 Å². The summed E-state index contributed by atoms with van der Waals surface area (Å²) in [5.74, 6) is 1.16. The molecule has 0 aromatic heterocycles. The van der Waals surface area contributed by atoms with E-state index in [1.165, 1.54) is 92.9 Å². The topological polar surface area (TPSA) is 43.1 Å². The molecule has 0 bridgehead atoms. The summed E-state index contributed by atoms with van der Waals surface area (Å²) in [5.41, 5.74) is 13.2. The van der Waals surface area contributed by atoms with Crippen LogP contribution < -0.4 is 22.6 Å². The highest BCUT2D eigenvalue weighted by molar-refractivity contribution is 5.96. The van der Waals surface area contributed by atoms with Crippen LogP contribution in [-0.4, -0.2) is 19.0 Å². The van der Waals surface area contributed by atoms with Gasteiger partial charge in [-0.2, -0.15) is 4.48 Å². The molecule has 1 amide bonds. The molecular formula is C37H61ClN2O. The number of hydrogen-bond acceptors (Lipinski definition) is 2. The Balaban J connectivity index is 0.00000840. The van der Waals surface area contributed by atoms with E-state index in [0.29, 0.717) is 25.4 Å². The van der Waals surface area contributed by atoms with Crippen molar-refractivity contribution in [2.24, 2.45) is 11.7 Å². The van der Waals surface area contributed by atoms with E-state index in [-0.39, 0.29) is 16.9 Å². The molecule has 0 heterocycles. The molecule has 0 radical (unpaired) electrons. The number of aryl methyl sites for hydroxylation is 2. The van der Waals surface area contributed by atoms with E-state index >= 15 is 0 Å². The van der Waals surface area contributed by atoms with E-state index in [0.717, 1.165) is 36.6 Å². The van der Waals surface area contributed by atoms with Gasteiger partial charge in [0.1, 0.15) is 11.4 Å². The van der Waals surface area contributed by atoms with Gasteiger partial charge in [0, 0.05) is 29.7 Å². The molecular weight excluding hydrogens is 524 g/mol. The minimum atomic E-state index is 0. The molecule has 4 heteroatoms. The lowest BCUT2D eigenvalue weighted by Crippen LogP contribution is -3.00. The second-order valence-electron chi connectivity index (χ2n) is 12.7. The van der Waals surface area contributed by atoms with E-state index in [4.69, 9.17) is 5.73 Å². The van der Waals surface area contributed by atoms with Gasteiger partial charge >= 0.3 is 5.91 Å². The van der Waals surface area contributed by atoms with E-state index < -0.39 is 0 Å². The zero-order valence-electron chi connectivity index (χ0n) is 27.4. The summed E-state index contributed by atoms with van der Waals surface area (Å²) >= 11 is 0. The summed E-state index contributed by atoms with van der Waals surface area (Å²) in [7, 11) is 0. The first-order valence-corrected chi connectivity index (χ1v) is 16.5. The molecule has 2 aromatic carbocycles. The third-order valence-corrected chi connectivity index (χ3v) is 9.02. The van der Waals surface area contributed by atoms with Crippen LogP contribution in [-0.2, 0) is 4.79 Å². The molecule has 41 heavy (non-hydrogen) atoms. The van der Waals surface area contributed by atoms with Gasteiger partial charge in [-0.25, -0.2) is 4.79 Å². The Labute approximate surface area is 259 Å². The number of amides is 1. The van der Waals surface area contributed by atoms with Crippen molar-refractivity contribution >= 4 is 17.3 Å². The highest BCUT2D eigenvalue weighted by Gasteiger charge is 2.43. The van der Waals surface area contributed by atoms with Gasteiger partial charge in [-0.15, -0.1) is 0 Å². The molecule has 2 rings (SSSR count). The highest BCUT2D eigenvalue weighted by atomic mass is 35.5. The van der Waals surface area contributed by atoms with E-state index in [1.807, 2.05) is 0 Å². The fraction of sp³-hybridized carbons (Fsp3) is 0.649. The maximum atomic E-state index is 14.4. The normalized spacial score (nSPS) is 11.6. The Hall–Kier alpha value is -1.68. The summed E-state index contributed by atoms with van der Waals surface area (Å²) in [5, 5.41) is 0. The highest BCUT2D eigenvalue weighted by Crippen LogP contribution is 2.42. The van der Waals surface area contributed by atoms with E-state index in [1.54, 1.807) is 0 Å². The van der Waals surface area contributed by atoms with Crippen molar-refractivity contribution in [3.8, 4) is 0 Å². The number of nitrogens with zero attached hydrogens (tertiary/aromatic N) is 1. The van der Waals surface area contributed by atoms with Crippen molar-refractivity contribution in [1.82, 2.24) is 4.48 Å². The van der Waals surface area contributed by atoms with Gasteiger partial charge in [0.05, 0.1) is 13.0 Å². The third-order valence-electron chi connectivity index (χ3n) is 9.02. The molecule has 0 atom stereocenters. The Bertz CT molecular complexity index is 965. The number of benzene rings is 2. The summed E-state index contributed by atoms with van der Waals surface area (Å²) in [6.45, 7) is 14.6. The van der Waals surface area contributed by atoms with Gasteiger partial charge in [0.2, 0.25) is 0 Å². The number of carbonyl (C=O) groups excluding carboxylic acids is 1. The van der Waals surface area contributed by atoms with Crippen LogP contribution in [0.2, 0.25) is 0 Å². The van der Waals surface area contributed by atoms with Crippen molar-refractivity contribution in [2.45, 2.75) is 138 Å². The van der Waals surface area contributed by atoms with Crippen molar-refractivity contribution in [3.63, 3.8) is 0 Å². The first kappa shape index (κ1) is 37.3. The minimum Gasteiger partial charge on any atom is -1.00 e. The summed E-state index contributed by atoms with van der Waals surface area (Å²) in [4.78, 5) is 14.4. The largest absolute Gasteiger partial charge is 1.00 e. The molecule has 0 saturated heterocycles. The van der Waals surface area contributed by atoms with Gasteiger partial charge in [-0.05, 0) is 57.7 Å². The van der Waals surface area contributed by atoms with Crippen LogP contribution in [0.15, 0.2) is 36.4 Å². The number of halogens is 1. The number of rotatable bonds is 20. The summed E-state index contributed by atoms with van der Waals surface area (Å²) < 4.78 is 0.287. The van der Waals surface area contributed by atoms with Crippen LogP contribution in [0.5, 0.6) is 0 Å². The van der Waals surface area contributed by atoms with Crippen molar-refractivity contribution in [2.75, 3.05) is 13.1 Å². The van der Waals surface area contributed by atoms with Crippen molar-refractivity contribution < 1.29 is 17.2 Å². The second kappa shape index (κ2) is 20.3. The second-order valence-corrected chi connectivity index (χ2v) is 12.7. The van der Waals surface area contributed by atoms with Crippen LogP contribution in [0.3, 0.4) is 0 Å². The lowest BCUT2D eigenvalue weighted by Gasteiger charge is -2.38. The van der Waals surface area contributed by atoms with Crippen LogP contribution in [0.4, 0.5) is 11.4 Å². The standard InChI is InChI=1S/C37H61N2O.ClH/c1-30(2)22-17-15-13-11-9-7-8-10-12-14-16-18-27-37(40)39(29-21-28-38,35-25-19-23-31(3)33(35)5)36-26-20-24-32(4)34(36)6;/h19-20,23-26,30H,7-18,21-22,27-29,38H2,1-6H3;1H/q+1;/p-1. The fourth-order valence-electron chi connectivity index (χ4n) is 6.18. The maximum absolute atomic E-state index is 14.4. The lowest BCUT2D eigenvalue weighted by molar-refractivity contribution is -0.127. The van der Waals surface area contributed by atoms with Crippen LogP contribution in [0, 0.1) is 33.6 Å². The summed E-state index contributed by atoms with van der Waals surface area (Å²) in [6.07, 6.45) is 18.6. The van der Waals surface area contributed by atoms with Gasteiger partial charge < -0.3 is 18.1 Å². The van der Waals surface area contributed by atoms with E-state index in [2.05, 4.69) is 77.9 Å². The average Bonchev–Trinajstić information content (AvgIpc) is 2.93. The van der Waals surface area contributed by atoms with Crippen LogP contribution in [0.25, 0.3) is 0 Å². The molecule has 0 aliphatic carbocycles. The smallest absolute Gasteiger partial charge is 0.323 e. The fourth-order valence-corrected chi connectivity index (χ4v) is 6.18. The number of hydrogen-bond donors (Lipinski definition) is 1. The van der Waals surface area contributed by atoms with Gasteiger partial charge in [-0.3, -0.25) is 0 Å². The minimum absolute atomic E-state index is 0. The SMILES string of the molecule is Cc1cccc([N+](CCCN)(C(=O)CCCCCCCCCCCCCCC(C)C)c2cccc(C)c2C)c1C.[Cl-]. The monoisotopic (exact) mass is 584 g/mol. The predicted octanol–water partition coefficient (Wildman–Crippen LogP) is 7.56. The Morgan fingerprint density at radius 1 is 0.659 bits per heavy atom. The maximum Gasteiger partial charge on any atom is 0.323 e. The molecule has 0 aliphatic heterocycles. The Morgan fingerprint density at radius 2 is 1.07 bits per heavy atom. The molecule has 0 unspecified atom stereocenters. The molecule has 0 aliphatic rings. The zero-order valence-corrected chi connectivity index (χ0v) is 28.1. The molecule has 0 fully saturated rings. The lowest BCUT2D eigenvalue weighted by atomic mass is 9.98. The molecule has 3 nitrogen and oxygen atoms in total. The van der Waals surface area contributed by atoms with Gasteiger partial charge in [0.15, 0.2) is 0 Å². The zero-order chi connectivity index (χ0) is 29.4. The quantitative estimate of drug-likeness (QED) is 0.129. The van der Waals surface area contributed by atoms with Gasteiger partial charge in [0.25, 0.3) is 0 Å². The molecule has 2 N–H and O–H groups in total.